The number of anilines is 1. The summed E-state index contributed by atoms with van der Waals surface area (Å²) >= 11 is 0. The average molecular weight is 407 g/mol. The Hall–Kier alpha value is -3.10. The second-order valence-electron chi connectivity index (χ2n) is 6.87. The van der Waals surface area contributed by atoms with Crippen LogP contribution in [-0.2, 0) is 4.79 Å². The number of nitrogens with one attached hydrogen (secondary N) is 1. The lowest BCUT2D eigenvalue weighted by atomic mass is 9.82. The van der Waals surface area contributed by atoms with Crippen LogP contribution in [0.5, 0.6) is 5.75 Å². The van der Waals surface area contributed by atoms with E-state index in [1.165, 1.54) is 11.2 Å². The van der Waals surface area contributed by atoms with Gasteiger partial charge in [-0.15, -0.1) is 0 Å². The maximum absolute atomic E-state index is 14.7. The molecule has 1 fully saturated rings. The number of halogens is 4. The summed E-state index contributed by atoms with van der Waals surface area (Å²) < 4.78 is 58.9. The SMILES string of the molecule is C[C@H]1C(=O)N(c2ccc3[nH]cnc3c2)[C@H]1c1c(F)cc(OCCC(F)F)cc1F. The van der Waals surface area contributed by atoms with Gasteiger partial charge in [0.15, 0.2) is 0 Å². The molecule has 1 amide bonds. The van der Waals surface area contributed by atoms with Crippen molar-refractivity contribution in [2.75, 3.05) is 11.5 Å². The van der Waals surface area contributed by atoms with E-state index in [1.807, 2.05) is 0 Å². The molecule has 1 saturated heterocycles. The number of nitrogens with zero attached hydrogens (tertiary/aromatic N) is 2. The van der Waals surface area contributed by atoms with Gasteiger partial charge in [0, 0.05) is 29.8 Å². The minimum atomic E-state index is -2.56. The molecule has 1 aliphatic heterocycles. The largest absolute Gasteiger partial charge is 0.493 e. The molecule has 1 N–H and O–H groups in total. The Kier molecular flexibility index (Phi) is 4.89. The zero-order valence-electron chi connectivity index (χ0n) is 15.3. The molecule has 0 bridgehead atoms. The van der Waals surface area contributed by atoms with Gasteiger partial charge in [0.05, 0.1) is 35.9 Å². The van der Waals surface area contributed by atoms with Crippen LogP contribution in [0.2, 0.25) is 0 Å². The maximum atomic E-state index is 14.7. The first-order valence-corrected chi connectivity index (χ1v) is 9.03. The van der Waals surface area contributed by atoms with Crippen LogP contribution in [0.15, 0.2) is 36.7 Å². The third kappa shape index (κ3) is 3.41. The molecular formula is C20H17F4N3O2. The quantitative estimate of drug-likeness (QED) is 0.480. The van der Waals surface area contributed by atoms with Crippen LogP contribution >= 0.6 is 0 Å². The number of fused-ring (bicyclic) bond motifs is 1. The fourth-order valence-corrected chi connectivity index (χ4v) is 3.56. The van der Waals surface area contributed by atoms with Crippen molar-refractivity contribution in [2.45, 2.75) is 25.8 Å². The Bertz CT molecular complexity index is 1050. The summed E-state index contributed by atoms with van der Waals surface area (Å²) in [7, 11) is 0. The monoisotopic (exact) mass is 407 g/mol. The highest BCUT2D eigenvalue weighted by atomic mass is 19.3. The zero-order valence-corrected chi connectivity index (χ0v) is 15.3. The second-order valence-corrected chi connectivity index (χ2v) is 6.87. The van der Waals surface area contributed by atoms with Gasteiger partial charge in [-0.25, -0.2) is 22.5 Å². The van der Waals surface area contributed by atoms with Gasteiger partial charge in [-0.3, -0.25) is 4.79 Å². The lowest BCUT2D eigenvalue weighted by Gasteiger charge is -2.46. The number of aromatic nitrogens is 2. The Morgan fingerprint density at radius 1 is 1.21 bits per heavy atom. The number of imidazole rings is 1. The number of aromatic amines is 1. The molecular weight excluding hydrogens is 390 g/mol. The number of H-pyrrole nitrogens is 1. The van der Waals surface area contributed by atoms with E-state index < -0.39 is 36.4 Å². The molecule has 2 heterocycles. The van der Waals surface area contributed by atoms with Crippen molar-refractivity contribution in [1.29, 1.82) is 0 Å². The Morgan fingerprint density at radius 3 is 2.62 bits per heavy atom. The highest BCUT2D eigenvalue weighted by molar-refractivity contribution is 6.04. The van der Waals surface area contributed by atoms with E-state index in [1.54, 1.807) is 25.1 Å². The van der Waals surface area contributed by atoms with Crippen molar-refractivity contribution in [3.8, 4) is 5.75 Å². The first kappa shape index (κ1) is 19.2. The first-order valence-electron chi connectivity index (χ1n) is 9.03. The van der Waals surface area contributed by atoms with Crippen LogP contribution in [0.25, 0.3) is 11.0 Å². The second kappa shape index (κ2) is 7.38. The van der Waals surface area contributed by atoms with E-state index in [0.717, 1.165) is 17.6 Å². The maximum Gasteiger partial charge on any atom is 0.241 e. The molecule has 0 unspecified atom stereocenters. The van der Waals surface area contributed by atoms with E-state index >= 15 is 0 Å². The van der Waals surface area contributed by atoms with Gasteiger partial charge in [0.2, 0.25) is 12.3 Å². The van der Waals surface area contributed by atoms with Crippen LogP contribution in [0.4, 0.5) is 23.2 Å². The summed E-state index contributed by atoms with van der Waals surface area (Å²) in [6, 6.07) is 6.14. The van der Waals surface area contributed by atoms with Crippen LogP contribution < -0.4 is 9.64 Å². The van der Waals surface area contributed by atoms with Gasteiger partial charge >= 0.3 is 0 Å². The topological polar surface area (TPSA) is 58.2 Å². The normalized spacial score (nSPS) is 19.1. The molecule has 0 saturated carbocycles. The van der Waals surface area contributed by atoms with Gasteiger partial charge in [-0.2, -0.15) is 0 Å². The Morgan fingerprint density at radius 2 is 1.93 bits per heavy atom. The number of carbonyl (C=O) groups excluding carboxylic acids is 1. The van der Waals surface area contributed by atoms with Crippen molar-refractivity contribution >= 4 is 22.6 Å². The van der Waals surface area contributed by atoms with Gasteiger partial charge in [0.25, 0.3) is 0 Å². The van der Waals surface area contributed by atoms with Crippen molar-refractivity contribution in [3.05, 3.63) is 53.9 Å². The molecule has 152 valence electrons. The highest BCUT2D eigenvalue weighted by Gasteiger charge is 2.48. The van der Waals surface area contributed by atoms with Crippen LogP contribution in [0, 0.1) is 17.6 Å². The van der Waals surface area contributed by atoms with Crippen molar-refractivity contribution < 1.29 is 27.1 Å². The fraction of sp³-hybridized carbons (Fsp3) is 0.300. The van der Waals surface area contributed by atoms with Gasteiger partial charge in [0.1, 0.15) is 17.4 Å². The molecule has 29 heavy (non-hydrogen) atoms. The zero-order chi connectivity index (χ0) is 20.7. The first-order chi connectivity index (χ1) is 13.9. The fourth-order valence-electron chi connectivity index (χ4n) is 3.56. The predicted octanol–water partition coefficient (Wildman–Crippen LogP) is 4.60. The number of ether oxygens (including phenoxy) is 1. The van der Waals surface area contributed by atoms with E-state index in [4.69, 9.17) is 4.74 Å². The molecule has 3 aromatic rings. The van der Waals surface area contributed by atoms with Crippen molar-refractivity contribution in [3.63, 3.8) is 0 Å². The molecule has 0 radical (unpaired) electrons. The number of rotatable bonds is 6. The lowest BCUT2D eigenvalue weighted by Crippen LogP contribution is -2.54. The van der Waals surface area contributed by atoms with Crippen LogP contribution in [0.1, 0.15) is 24.9 Å². The molecule has 0 aliphatic carbocycles. The molecule has 0 spiro atoms. The molecule has 1 aromatic heterocycles. The van der Waals surface area contributed by atoms with Gasteiger partial charge < -0.3 is 14.6 Å². The minimum Gasteiger partial charge on any atom is -0.493 e. The molecule has 2 atom stereocenters. The Balaban J connectivity index is 1.64. The van der Waals surface area contributed by atoms with E-state index in [-0.39, 0.29) is 23.8 Å². The third-order valence-corrected chi connectivity index (χ3v) is 5.02. The summed E-state index contributed by atoms with van der Waals surface area (Å²) in [5.74, 6) is -2.85. The van der Waals surface area contributed by atoms with Crippen molar-refractivity contribution in [1.82, 2.24) is 9.97 Å². The Labute approximate surface area is 163 Å². The number of amides is 1. The summed E-state index contributed by atoms with van der Waals surface area (Å²) in [5, 5.41) is 0. The standard InChI is InChI=1S/C20H17F4N3O2/c1-10-19(18-13(21)7-12(8-14(18)22)29-5-4-17(23)24)27(20(10)28)11-2-3-15-16(6-11)26-9-25-15/h2-3,6-10,17,19H,4-5H2,1H3,(H,25,26)/t10-,19-/m1/s1. The number of hydrogen-bond acceptors (Lipinski definition) is 3. The average Bonchev–Trinajstić information content (AvgIpc) is 3.14. The van der Waals surface area contributed by atoms with Gasteiger partial charge in [-0.1, -0.05) is 6.92 Å². The molecule has 1 aliphatic rings. The molecule has 4 rings (SSSR count). The summed E-state index contributed by atoms with van der Waals surface area (Å²) in [6.07, 6.45) is -1.59. The van der Waals surface area contributed by atoms with E-state index in [9.17, 15) is 22.4 Å². The van der Waals surface area contributed by atoms with Gasteiger partial charge in [-0.05, 0) is 18.2 Å². The summed E-state index contributed by atoms with van der Waals surface area (Å²) in [5.41, 5.74) is 1.61. The lowest BCUT2D eigenvalue weighted by molar-refractivity contribution is -0.129. The molecule has 2 aromatic carbocycles. The molecule has 5 nitrogen and oxygen atoms in total. The van der Waals surface area contributed by atoms with E-state index in [0.29, 0.717) is 11.2 Å². The smallest absolute Gasteiger partial charge is 0.241 e. The summed E-state index contributed by atoms with van der Waals surface area (Å²) in [4.78, 5) is 20.9. The number of β-lactam (4-membered cyclic amide) rings is 1. The third-order valence-electron chi connectivity index (χ3n) is 5.02. The number of benzene rings is 2. The van der Waals surface area contributed by atoms with E-state index in [2.05, 4.69) is 9.97 Å². The molecule has 9 heteroatoms. The number of carbonyl (C=O) groups is 1. The van der Waals surface area contributed by atoms with Crippen molar-refractivity contribution in [2.24, 2.45) is 5.92 Å². The highest BCUT2D eigenvalue weighted by Crippen LogP contribution is 2.45. The van der Waals surface area contributed by atoms with Crippen LogP contribution in [0.3, 0.4) is 0 Å². The predicted molar refractivity (Wildman–Crippen MR) is 98.0 cm³/mol. The van der Waals surface area contributed by atoms with Crippen LogP contribution in [-0.4, -0.2) is 28.9 Å². The number of hydrogen-bond donors (Lipinski definition) is 1. The number of alkyl halides is 2. The minimum absolute atomic E-state index is 0.174. The summed E-state index contributed by atoms with van der Waals surface area (Å²) in [6.45, 7) is 1.24.